The fraction of sp³-hybridized carbons (Fsp3) is 0.143. The number of carbonyl (C=O) groups is 1. The smallest absolute Gasteiger partial charge is 0.277 e. The highest BCUT2D eigenvalue weighted by atomic mass is 79.9. The number of thiophene rings is 1. The van der Waals surface area contributed by atoms with Crippen LogP contribution in [0.5, 0.6) is 5.75 Å². The SMILES string of the molecule is Cc1ccc(OCC(=O)NN=Cc2ccsc2)c(Br)c1. The standard InChI is InChI=1S/C14H13BrN2O2S/c1-10-2-3-13(12(15)6-10)19-8-14(18)17-16-7-11-4-5-20-9-11/h2-7,9H,8H2,1H3,(H,17,18). The molecule has 0 unspecified atom stereocenters. The number of hydrogen-bond acceptors (Lipinski definition) is 4. The Morgan fingerprint density at radius 1 is 1.50 bits per heavy atom. The number of amides is 1. The van der Waals surface area contributed by atoms with Gasteiger partial charge in [0.1, 0.15) is 5.75 Å². The first-order valence-corrected chi connectivity index (χ1v) is 7.62. The molecule has 1 N–H and O–H groups in total. The predicted molar refractivity (Wildman–Crippen MR) is 84.4 cm³/mol. The Morgan fingerprint density at radius 2 is 2.35 bits per heavy atom. The lowest BCUT2D eigenvalue weighted by Gasteiger charge is -2.07. The van der Waals surface area contributed by atoms with Crippen molar-refractivity contribution in [1.82, 2.24) is 5.43 Å². The van der Waals surface area contributed by atoms with Crippen LogP contribution in [-0.4, -0.2) is 18.7 Å². The van der Waals surface area contributed by atoms with Crippen molar-refractivity contribution in [3.8, 4) is 5.75 Å². The van der Waals surface area contributed by atoms with Gasteiger partial charge in [0.15, 0.2) is 6.61 Å². The number of nitrogens with zero attached hydrogens (tertiary/aromatic N) is 1. The van der Waals surface area contributed by atoms with E-state index in [9.17, 15) is 4.79 Å². The van der Waals surface area contributed by atoms with Crippen molar-refractivity contribution in [3.05, 3.63) is 50.6 Å². The Morgan fingerprint density at radius 3 is 3.05 bits per heavy atom. The Balaban J connectivity index is 1.80. The highest BCUT2D eigenvalue weighted by Gasteiger charge is 2.04. The molecule has 0 saturated heterocycles. The average molecular weight is 353 g/mol. The van der Waals surface area contributed by atoms with E-state index in [-0.39, 0.29) is 12.5 Å². The molecule has 1 aromatic carbocycles. The number of hydrogen-bond donors (Lipinski definition) is 1. The first kappa shape index (κ1) is 14.7. The summed E-state index contributed by atoms with van der Waals surface area (Å²) in [5, 5.41) is 7.74. The quantitative estimate of drug-likeness (QED) is 0.662. The number of hydrazone groups is 1. The minimum Gasteiger partial charge on any atom is -0.483 e. The zero-order valence-corrected chi connectivity index (χ0v) is 13.2. The molecule has 0 saturated carbocycles. The van der Waals surface area contributed by atoms with E-state index < -0.39 is 0 Å². The van der Waals surface area contributed by atoms with Gasteiger partial charge < -0.3 is 4.74 Å². The zero-order valence-electron chi connectivity index (χ0n) is 10.8. The lowest BCUT2D eigenvalue weighted by atomic mass is 10.2. The van der Waals surface area contributed by atoms with Gasteiger partial charge in [0.25, 0.3) is 5.91 Å². The van der Waals surface area contributed by atoms with E-state index in [1.807, 2.05) is 41.9 Å². The van der Waals surface area contributed by atoms with Gasteiger partial charge >= 0.3 is 0 Å². The summed E-state index contributed by atoms with van der Waals surface area (Å²) >= 11 is 4.97. The molecular formula is C14H13BrN2O2S. The molecule has 0 aliphatic heterocycles. The maximum Gasteiger partial charge on any atom is 0.277 e. The summed E-state index contributed by atoms with van der Waals surface area (Å²) in [5.41, 5.74) is 4.49. The molecule has 1 amide bonds. The maximum absolute atomic E-state index is 11.6. The summed E-state index contributed by atoms with van der Waals surface area (Å²) in [4.78, 5) is 11.6. The molecule has 1 heterocycles. The van der Waals surface area contributed by atoms with E-state index in [0.29, 0.717) is 5.75 Å². The van der Waals surface area contributed by atoms with Crippen molar-refractivity contribution in [1.29, 1.82) is 0 Å². The van der Waals surface area contributed by atoms with Crippen LogP contribution in [0.4, 0.5) is 0 Å². The first-order valence-electron chi connectivity index (χ1n) is 5.88. The monoisotopic (exact) mass is 352 g/mol. The van der Waals surface area contributed by atoms with Crippen molar-refractivity contribution in [2.75, 3.05) is 6.61 Å². The molecular weight excluding hydrogens is 340 g/mol. The number of carbonyl (C=O) groups excluding carboxylic acids is 1. The summed E-state index contributed by atoms with van der Waals surface area (Å²) in [6.07, 6.45) is 1.59. The molecule has 0 bridgehead atoms. The molecule has 0 fully saturated rings. The van der Waals surface area contributed by atoms with E-state index in [1.165, 1.54) is 0 Å². The molecule has 20 heavy (non-hydrogen) atoms. The van der Waals surface area contributed by atoms with Crippen LogP contribution < -0.4 is 10.2 Å². The van der Waals surface area contributed by atoms with Gasteiger partial charge in [-0.1, -0.05) is 6.07 Å². The molecule has 2 rings (SSSR count). The lowest BCUT2D eigenvalue weighted by molar-refractivity contribution is -0.123. The fourth-order valence-electron chi connectivity index (χ4n) is 1.43. The van der Waals surface area contributed by atoms with Crippen LogP contribution >= 0.6 is 27.3 Å². The number of aryl methyl sites for hydroxylation is 1. The molecule has 4 nitrogen and oxygen atoms in total. The number of rotatable bonds is 5. The summed E-state index contributed by atoms with van der Waals surface area (Å²) in [7, 11) is 0. The Hall–Kier alpha value is -1.66. The minimum absolute atomic E-state index is 0.0807. The maximum atomic E-state index is 11.6. The second-order valence-corrected chi connectivity index (χ2v) is 5.71. The molecule has 0 aliphatic rings. The van der Waals surface area contributed by atoms with Crippen molar-refractivity contribution >= 4 is 39.4 Å². The third-order valence-corrected chi connectivity index (χ3v) is 3.71. The van der Waals surface area contributed by atoms with Crippen LogP contribution in [-0.2, 0) is 4.79 Å². The number of ether oxygens (including phenoxy) is 1. The Kier molecular flexibility index (Phi) is 5.31. The molecule has 0 atom stereocenters. The van der Waals surface area contributed by atoms with Crippen LogP contribution in [0.2, 0.25) is 0 Å². The van der Waals surface area contributed by atoms with Crippen molar-refractivity contribution in [2.45, 2.75) is 6.92 Å². The lowest BCUT2D eigenvalue weighted by Crippen LogP contribution is -2.24. The number of benzene rings is 1. The van der Waals surface area contributed by atoms with Crippen LogP contribution in [0.25, 0.3) is 0 Å². The summed E-state index contributed by atoms with van der Waals surface area (Å²) < 4.78 is 6.24. The van der Waals surface area contributed by atoms with Crippen LogP contribution in [0.1, 0.15) is 11.1 Å². The van der Waals surface area contributed by atoms with E-state index in [0.717, 1.165) is 15.6 Å². The van der Waals surface area contributed by atoms with Crippen molar-refractivity contribution in [3.63, 3.8) is 0 Å². The van der Waals surface area contributed by atoms with Gasteiger partial charge in [-0.25, -0.2) is 5.43 Å². The van der Waals surface area contributed by atoms with Crippen molar-refractivity contribution < 1.29 is 9.53 Å². The zero-order chi connectivity index (χ0) is 14.4. The van der Waals surface area contributed by atoms with Crippen LogP contribution in [0.15, 0.2) is 44.6 Å². The van der Waals surface area contributed by atoms with E-state index >= 15 is 0 Å². The minimum atomic E-state index is -0.302. The second-order valence-electron chi connectivity index (χ2n) is 4.07. The van der Waals surface area contributed by atoms with E-state index in [4.69, 9.17) is 4.74 Å². The van der Waals surface area contributed by atoms with Gasteiger partial charge in [0, 0.05) is 5.56 Å². The first-order chi connectivity index (χ1) is 9.65. The van der Waals surface area contributed by atoms with Gasteiger partial charge in [-0.05, 0) is 57.4 Å². The highest BCUT2D eigenvalue weighted by Crippen LogP contribution is 2.25. The highest BCUT2D eigenvalue weighted by molar-refractivity contribution is 9.10. The molecule has 2 aromatic rings. The molecule has 1 aromatic heterocycles. The molecule has 0 radical (unpaired) electrons. The predicted octanol–water partition coefficient (Wildman–Crippen LogP) is 3.35. The third-order valence-electron chi connectivity index (χ3n) is 2.39. The van der Waals surface area contributed by atoms with Gasteiger partial charge in [-0.3, -0.25) is 4.79 Å². The Labute approximate surface area is 129 Å². The topological polar surface area (TPSA) is 50.7 Å². The van der Waals surface area contributed by atoms with Gasteiger partial charge in [-0.2, -0.15) is 16.4 Å². The molecule has 0 aliphatic carbocycles. The third kappa shape index (κ3) is 4.47. The van der Waals surface area contributed by atoms with E-state index in [2.05, 4.69) is 26.5 Å². The number of halogens is 1. The van der Waals surface area contributed by atoms with E-state index in [1.54, 1.807) is 17.6 Å². The fourth-order valence-corrected chi connectivity index (χ4v) is 2.64. The van der Waals surface area contributed by atoms with Gasteiger partial charge in [0.05, 0.1) is 10.7 Å². The molecule has 6 heteroatoms. The van der Waals surface area contributed by atoms with Crippen LogP contribution in [0.3, 0.4) is 0 Å². The number of nitrogens with one attached hydrogen (secondary N) is 1. The van der Waals surface area contributed by atoms with Gasteiger partial charge in [0.2, 0.25) is 0 Å². The molecule has 0 spiro atoms. The second kappa shape index (κ2) is 7.21. The Bertz CT molecular complexity index is 612. The normalized spacial score (nSPS) is 10.7. The van der Waals surface area contributed by atoms with Crippen LogP contribution in [0, 0.1) is 6.92 Å². The molecule has 104 valence electrons. The van der Waals surface area contributed by atoms with Gasteiger partial charge in [-0.15, -0.1) is 0 Å². The average Bonchev–Trinajstić information content (AvgIpc) is 2.91. The summed E-state index contributed by atoms with van der Waals surface area (Å²) in [5.74, 6) is 0.330. The largest absolute Gasteiger partial charge is 0.483 e. The summed E-state index contributed by atoms with van der Waals surface area (Å²) in [6, 6.07) is 7.59. The summed E-state index contributed by atoms with van der Waals surface area (Å²) in [6.45, 7) is 1.91. The van der Waals surface area contributed by atoms with Crippen molar-refractivity contribution in [2.24, 2.45) is 5.10 Å².